The number of carbonyl (C=O) groups is 1. The van der Waals surface area contributed by atoms with E-state index in [0.717, 1.165) is 32.0 Å². The molecular formula is C17H20N2O2. The Bertz CT molecular complexity index is 586. The number of aldehydes is 1. The van der Waals surface area contributed by atoms with Crippen LogP contribution in [0.1, 0.15) is 54.9 Å². The number of nitrogens with zero attached hydrogens (tertiary/aromatic N) is 2. The Labute approximate surface area is 124 Å². The first-order chi connectivity index (χ1) is 10.3. The van der Waals surface area contributed by atoms with Gasteiger partial charge in [-0.15, -0.1) is 10.2 Å². The van der Waals surface area contributed by atoms with E-state index in [1.54, 1.807) is 6.92 Å². The maximum atomic E-state index is 11.4. The van der Waals surface area contributed by atoms with Crippen molar-refractivity contribution in [2.75, 3.05) is 0 Å². The summed E-state index contributed by atoms with van der Waals surface area (Å²) in [6, 6.07) is 10.6. The maximum Gasteiger partial charge on any atom is 0.226 e. The molecule has 1 fully saturated rings. The topological polar surface area (TPSA) is 56.0 Å². The van der Waals surface area contributed by atoms with Gasteiger partial charge >= 0.3 is 0 Å². The molecule has 21 heavy (non-hydrogen) atoms. The van der Waals surface area contributed by atoms with Gasteiger partial charge in [0.05, 0.1) is 5.92 Å². The van der Waals surface area contributed by atoms with Crippen LogP contribution in [0.4, 0.5) is 0 Å². The summed E-state index contributed by atoms with van der Waals surface area (Å²) in [7, 11) is 0. The summed E-state index contributed by atoms with van der Waals surface area (Å²) >= 11 is 0. The van der Waals surface area contributed by atoms with E-state index in [1.165, 1.54) is 5.56 Å². The summed E-state index contributed by atoms with van der Waals surface area (Å²) in [5.41, 5.74) is 1.41. The summed E-state index contributed by atoms with van der Waals surface area (Å²) in [5.74, 6) is 1.69. The summed E-state index contributed by atoms with van der Waals surface area (Å²) in [5, 5.41) is 7.86. The van der Waals surface area contributed by atoms with E-state index < -0.39 is 0 Å². The molecule has 0 bridgehead atoms. The predicted octanol–water partition coefficient (Wildman–Crippen LogP) is 3.63. The molecule has 0 saturated heterocycles. The van der Waals surface area contributed by atoms with Gasteiger partial charge < -0.3 is 9.21 Å². The predicted molar refractivity (Wildman–Crippen MR) is 79.0 cm³/mol. The Morgan fingerprint density at radius 3 is 2.43 bits per heavy atom. The summed E-state index contributed by atoms with van der Waals surface area (Å²) in [4.78, 5) is 11.4. The molecule has 1 atom stereocenters. The van der Waals surface area contributed by atoms with Crippen LogP contribution in [0, 0.1) is 12.8 Å². The normalized spacial score (nSPS) is 23.7. The van der Waals surface area contributed by atoms with Gasteiger partial charge in [-0.2, -0.15) is 0 Å². The molecule has 1 aromatic carbocycles. The fraction of sp³-hybridized carbons (Fsp3) is 0.471. The lowest BCUT2D eigenvalue weighted by Crippen LogP contribution is -2.21. The number of hydrogen-bond acceptors (Lipinski definition) is 4. The largest absolute Gasteiger partial charge is 0.425 e. The van der Waals surface area contributed by atoms with E-state index in [4.69, 9.17) is 4.42 Å². The molecule has 0 aliphatic heterocycles. The highest BCUT2D eigenvalue weighted by Gasteiger charge is 2.31. The van der Waals surface area contributed by atoms with Crippen molar-refractivity contribution < 1.29 is 9.21 Å². The third kappa shape index (κ3) is 3.04. The molecule has 2 aromatic rings. The zero-order valence-electron chi connectivity index (χ0n) is 12.2. The monoisotopic (exact) mass is 284 g/mol. The number of rotatable bonds is 4. The van der Waals surface area contributed by atoms with Gasteiger partial charge in [-0.3, -0.25) is 0 Å². The van der Waals surface area contributed by atoms with Crippen molar-refractivity contribution in [3.05, 3.63) is 47.7 Å². The molecule has 0 amide bonds. The SMILES string of the molecule is Cc1nnc(C(C=O)C2CCC(c3ccccc3)CC2)o1. The van der Waals surface area contributed by atoms with Crippen LogP contribution in [-0.4, -0.2) is 16.5 Å². The second-order valence-corrected chi connectivity index (χ2v) is 5.84. The van der Waals surface area contributed by atoms with E-state index in [2.05, 4.69) is 40.5 Å². The van der Waals surface area contributed by atoms with Crippen LogP contribution in [0.5, 0.6) is 0 Å². The first-order valence-electron chi connectivity index (χ1n) is 7.58. The zero-order chi connectivity index (χ0) is 14.7. The standard InChI is InChI=1S/C17H20N2O2/c1-12-18-19-17(21-12)16(11-20)15-9-7-14(8-10-15)13-5-3-2-4-6-13/h2-6,11,14-16H,7-10H2,1H3. The van der Waals surface area contributed by atoms with Crippen LogP contribution >= 0.6 is 0 Å². The second-order valence-electron chi connectivity index (χ2n) is 5.84. The third-order valence-electron chi connectivity index (χ3n) is 4.52. The van der Waals surface area contributed by atoms with Gasteiger partial charge in [0, 0.05) is 6.92 Å². The molecule has 1 aliphatic rings. The molecule has 4 heteroatoms. The van der Waals surface area contributed by atoms with Crippen molar-refractivity contribution in [1.29, 1.82) is 0 Å². The molecule has 1 heterocycles. The Kier molecular flexibility index (Phi) is 4.13. The lowest BCUT2D eigenvalue weighted by Gasteiger charge is -2.30. The van der Waals surface area contributed by atoms with E-state index in [9.17, 15) is 4.79 Å². The quantitative estimate of drug-likeness (QED) is 0.804. The average Bonchev–Trinajstić information content (AvgIpc) is 2.96. The highest BCUT2D eigenvalue weighted by molar-refractivity contribution is 5.60. The first kappa shape index (κ1) is 14.0. The molecule has 1 saturated carbocycles. The van der Waals surface area contributed by atoms with Crippen molar-refractivity contribution in [3.8, 4) is 0 Å². The Balaban J connectivity index is 1.66. The molecule has 0 N–H and O–H groups in total. The number of hydrogen-bond donors (Lipinski definition) is 0. The van der Waals surface area contributed by atoms with Crippen molar-refractivity contribution in [2.24, 2.45) is 5.92 Å². The maximum absolute atomic E-state index is 11.4. The van der Waals surface area contributed by atoms with Crippen molar-refractivity contribution in [2.45, 2.75) is 44.4 Å². The molecule has 1 aliphatic carbocycles. The van der Waals surface area contributed by atoms with Crippen LogP contribution in [0.2, 0.25) is 0 Å². The van der Waals surface area contributed by atoms with Crippen LogP contribution in [0.15, 0.2) is 34.7 Å². The average molecular weight is 284 g/mol. The molecule has 4 nitrogen and oxygen atoms in total. The molecular weight excluding hydrogens is 264 g/mol. The van der Waals surface area contributed by atoms with Gasteiger partial charge in [-0.05, 0) is 43.1 Å². The van der Waals surface area contributed by atoms with E-state index in [-0.39, 0.29) is 5.92 Å². The van der Waals surface area contributed by atoms with Crippen molar-refractivity contribution >= 4 is 6.29 Å². The Hall–Kier alpha value is -1.97. The molecule has 1 unspecified atom stereocenters. The van der Waals surface area contributed by atoms with E-state index in [0.29, 0.717) is 23.6 Å². The fourth-order valence-corrected chi connectivity index (χ4v) is 3.35. The lowest BCUT2D eigenvalue weighted by atomic mass is 9.74. The van der Waals surface area contributed by atoms with E-state index >= 15 is 0 Å². The van der Waals surface area contributed by atoms with Gasteiger partial charge in [-0.25, -0.2) is 0 Å². The number of aromatic nitrogens is 2. The fourth-order valence-electron chi connectivity index (χ4n) is 3.35. The van der Waals surface area contributed by atoms with Gasteiger partial charge in [0.15, 0.2) is 0 Å². The van der Waals surface area contributed by atoms with Crippen LogP contribution in [0.3, 0.4) is 0 Å². The van der Waals surface area contributed by atoms with Crippen molar-refractivity contribution in [1.82, 2.24) is 10.2 Å². The van der Waals surface area contributed by atoms with Crippen LogP contribution in [-0.2, 0) is 4.79 Å². The zero-order valence-corrected chi connectivity index (χ0v) is 12.2. The summed E-state index contributed by atoms with van der Waals surface area (Å²) in [6.45, 7) is 1.75. The van der Waals surface area contributed by atoms with Crippen LogP contribution in [0.25, 0.3) is 0 Å². The number of carbonyl (C=O) groups excluding carboxylic acids is 1. The summed E-state index contributed by atoms with van der Waals surface area (Å²) in [6.07, 6.45) is 5.27. The van der Waals surface area contributed by atoms with Crippen LogP contribution < -0.4 is 0 Å². The van der Waals surface area contributed by atoms with Crippen molar-refractivity contribution in [3.63, 3.8) is 0 Å². The molecule has 1 aromatic heterocycles. The molecule has 110 valence electrons. The lowest BCUT2D eigenvalue weighted by molar-refractivity contribution is -0.110. The first-order valence-corrected chi connectivity index (χ1v) is 7.58. The number of benzene rings is 1. The van der Waals surface area contributed by atoms with Gasteiger partial charge in [-0.1, -0.05) is 30.3 Å². The van der Waals surface area contributed by atoms with Gasteiger partial charge in [0.25, 0.3) is 0 Å². The number of aryl methyl sites for hydroxylation is 1. The molecule has 0 spiro atoms. The van der Waals surface area contributed by atoms with Gasteiger partial charge in [0.1, 0.15) is 6.29 Å². The second kappa shape index (κ2) is 6.20. The minimum absolute atomic E-state index is 0.247. The smallest absolute Gasteiger partial charge is 0.226 e. The highest BCUT2D eigenvalue weighted by atomic mass is 16.4. The highest BCUT2D eigenvalue weighted by Crippen LogP contribution is 2.40. The Morgan fingerprint density at radius 2 is 1.86 bits per heavy atom. The minimum atomic E-state index is -0.247. The molecule has 3 rings (SSSR count). The van der Waals surface area contributed by atoms with E-state index in [1.807, 2.05) is 0 Å². The minimum Gasteiger partial charge on any atom is -0.425 e. The summed E-state index contributed by atoms with van der Waals surface area (Å²) < 4.78 is 5.45. The van der Waals surface area contributed by atoms with Gasteiger partial charge in [0.2, 0.25) is 11.8 Å². The Morgan fingerprint density at radius 1 is 1.14 bits per heavy atom. The molecule has 0 radical (unpaired) electrons. The third-order valence-corrected chi connectivity index (χ3v) is 4.52.